The van der Waals surface area contributed by atoms with Gasteiger partial charge in [0.25, 0.3) is 0 Å². The number of benzene rings is 1. The Morgan fingerprint density at radius 3 is 2.79 bits per heavy atom. The second kappa shape index (κ2) is 4.30. The molecule has 0 amide bonds. The Labute approximate surface area is 86.2 Å². The van der Waals surface area contributed by atoms with Gasteiger partial charge in [-0.1, -0.05) is 17.7 Å². The summed E-state index contributed by atoms with van der Waals surface area (Å²) in [5, 5.41) is 9.03. The normalized spacial score (nSPS) is 12.2. The molecule has 76 valence electrons. The van der Waals surface area contributed by atoms with Crippen LogP contribution in [0.3, 0.4) is 0 Å². The van der Waals surface area contributed by atoms with Gasteiger partial charge in [0.05, 0.1) is 7.11 Å². The molecule has 0 aliphatic carbocycles. The Morgan fingerprint density at radius 1 is 1.64 bits per heavy atom. The summed E-state index contributed by atoms with van der Waals surface area (Å²) >= 11 is 5.82. The maximum Gasteiger partial charge on any atom is 0.325 e. The van der Waals surface area contributed by atoms with Crippen LogP contribution in [0, 0.1) is 0 Å². The molecular formula is C9H10ClNO3. The molecule has 5 heteroatoms. The van der Waals surface area contributed by atoms with Gasteiger partial charge in [-0.2, -0.15) is 0 Å². The van der Waals surface area contributed by atoms with Crippen LogP contribution in [0.15, 0.2) is 18.2 Å². The molecule has 1 rings (SSSR count). The number of carbonyl (C=O) groups is 1. The minimum absolute atomic E-state index is 0.291. The highest BCUT2D eigenvalue weighted by molar-refractivity contribution is 6.31. The van der Waals surface area contributed by atoms with Crippen LogP contribution in [0.2, 0.25) is 5.02 Å². The largest absolute Gasteiger partial charge is 0.496 e. The van der Waals surface area contributed by atoms with Crippen molar-refractivity contribution in [3.63, 3.8) is 0 Å². The first-order chi connectivity index (χ1) is 6.57. The SMILES string of the molecule is COc1cccc(Cl)c1[C@@H](N)C(=O)O. The first-order valence-corrected chi connectivity index (χ1v) is 4.26. The standard InChI is InChI=1S/C9H10ClNO3/c1-14-6-4-2-3-5(10)7(6)8(11)9(12)13/h2-4,8H,11H2,1H3,(H,12,13)/t8-/m1/s1. The van der Waals surface area contributed by atoms with E-state index >= 15 is 0 Å². The molecule has 0 aliphatic rings. The van der Waals surface area contributed by atoms with E-state index in [0.29, 0.717) is 16.3 Å². The Morgan fingerprint density at radius 2 is 2.29 bits per heavy atom. The average molecular weight is 216 g/mol. The molecule has 0 heterocycles. The molecule has 0 aromatic heterocycles. The molecule has 1 atom stereocenters. The quantitative estimate of drug-likeness (QED) is 0.800. The van der Waals surface area contributed by atoms with E-state index in [4.69, 9.17) is 27.2 Å². The molecule has 4 nitrogen and oxygen atoms in total. The van der Waals surface area contributed by atoms with Crippen molar-refractivity contribution in [2.24, 2.45) is 5.73 Å². The number of nitrogens with two attached hydrogens (primary N) is 1. The molecule has 0 unspecified atom stereocenters. The number of ether oxygens (including phenoxy) is 1. The van der Waals surface area contributed by atoms with Gasteiger partial charge >= 0.3 is 5.97 Å². The van der Waals surface area contributed by atoms with Crippen LogP contribution in [-0.2, 0) is 4.79 Å². The lowest BCUT2D eigenvalue weighted by Crippen LogP contribution is -2.21. The number of methoxy groups -OCH3 is 1. The molecule has 1 aromatic rings. The van der Waals surface area contributed by atoms with E-state index in [1.807, 2.05) is 0 Å². The van der Waals surface area contributed by atoms with Gasteiger partial charge in [-0.05, 0) is 12.1 Å². The van der Waals surface area contributed by atoms with E-state index in [0.717, 1.165) is 0 Å². The van der Waals surface area contributed by atoms with Gasteiger partial charge in [-0.15, -0.1) is 0 Å². The highest BCUT2D eigenvalue weighted by atomic mass is 35.5. The van der Waals surface area contributed by atoms with Crippen molar-refractivity contribution in [3.05, 3.63) is 28.8 Å². The fourth-order valence-corrected chi connectivity index (χ4v) is 1.40. The maximum absolute atomic E-state index is 10.7. The monoisotopic (exact) mass is 215 g/mol. The lowest BCUT2D eigenvalue weighted by molar-refractivity contribution is -0.138. The Bertz CT molecular complexity index is 354. The Hall–Kier alpha value is -1.26. The zero-order valence-corrected chi connectivity index (χ0v) is 8.28. The van der Waals surface area contributed by atoms with Crippen LogP contribution in [0.25, 0.3) is 0 Å². The van der Waals surface area contributed by atoms with E-state index in [2.05, 4.69) is 0 Å². The fraction of sp³-hybridized carbons (Fsp3) is 0.222. The summed E-state index contributed by atoms with van der Waals surface area (Å²) in [6, 6.07) is 3.68. The summed E-state index contributed by atoms with van der Waals surface area (Å²) in [7, 11) is 1.43. The second-order valence-electron chi connectivity index (χ2n) is 2.67. The number of hydrogen-bond donors (Lipinski definition) is 2. The van der Waals surface area contributed by atoms with Crippen LogP contribution in [-0.4, -0.2) is 18.2 Å². The molecule has 0 bridgehead atoms. The zero-order chi connectivity index (χ0) is 10.7. The van der Waals surface area contributed by atoms with Gasteiger partial charge in [0.1, 0.15) is 11.8 Å². The van der Waals surface area contributed by atoms with Crippen LogP contribution in [0.5, 0.6) is 5.75 Å². The number of rotatable bonds is 3. The van der Waals surface area contributed by atoms with Crippen molar-refractivity contribution in [1.82, 2.24) is 0 Å². The van der Waals surface area contributed by atoms with Crippen molar-refractivity contribution in [2.75, 3.05) is 7.11 Å². The number of hydrogen-bond acceptors (Lipinski definition) is 3. The molecule has 1 aromatic carbocycles. The number of carboxylic acids is 1. The Balaban J connectivity index is 3.23. The van der Waals surface area contributed by atoms with Gasteiger partial charge in [0.15, 0.2) is 0 Å². The summed E-state index contributed by atoms with van der Waals surface area (Å²) in [4.78, 5) is 10.7. The predicted molar refractivity (Wildman–Crippen MR) is 52.6 cm³/mol. The van der Waals surface area contributed by atoms with Crippen molar-refractivity contribution in [3.8, 4) is 5.75 Å². The topological polar surface area (TPSA) is 72.5 Å². The third-order valence-corrected chi connectivity index (χ3v) is 2.14. The first-order valence-electron chi connectivity index (χ1n) is 3.88. The van der Waals surface area contributed by atoms with Crippen LogP contribution >= 0.6 is 11.6 Å². The summed E-state index contributed by atoms with van der Waals surface area (Å²) in [5.74, 6) is -0.760. The highest BCUT2D eigenvalue weighted by Gasteiger charge is 2.21. The van der Waals surface area contributed by atoms with E-state index < -0.39 is 12.0 Å². The smallest absolute Gasteiger partial charge is 0.325 e. The fourth-order valence-electron chi connectivity index (χ4n) is 1.12. The van der Waals surface area contributed by atoms with Crippen LogP contribution in [0.1, 0.15) is 11.6 Å². The average Bonchev–Trinajstić information content (AvgIpc) is 2.16. The van der Waals surface area contributed by atoms with Crippen molar-refractivity contribution < 1.29 is 14.6 Å². The summed E-state index contributed by atoms with van der Waals surface area (Å²) < 4.78 is 4.97. The molecule has 0 fully saturated rings. The molecule has 3 N–H and O–H groups in total. The van der Waals surface area contributed by atoms with Gasteiger partial charge < -0.3 is 15.6 Å². The first kappa shape index (κ1) is 10.8. The van der Waals surface area contributed by atoms with E-state index in [1.54, 1.807) is 18.2 Å². The van der Waals surface area contributed by atoms with Gasteiger partial charge in [-0.25, -0.2) is 0 Å². The molecular weight excluding hydrogens is 206 g/mol. The van der Waals surface area contributed by atoms with Crippen molar-refractivity contribution in [2.45, 2.75) is 6.04 Å². The van der Waals surface area contributed by atoms with Gasteiger partial charge in [0.2, 0.25) is 0 Å². The van der Waals surface area contributed by atoms with Gasteiger partial charge in [0, 0.05) is 10.6 Å². The highest BCUT2D eigenvalue weighted by Crippen LogP contribution is 2.30. The van der Waals surface area contributed by atoms with Gasteiger partial charge in [-0.3, -0.25) is 4.79 Å². The lowest BCUT2D eigenvalue weighted by Gasteiger charge is -2.13. The molecule has 0 aliphatic heterocycles. The number of aliphatic carboxylic acids is 1. The molecule has 0 radical (unpaired) electrons. The van der Waals surface area contributed by atoms with Crippen LogP contribution < -0.4 is 10.5 Å². The lowest BCUT2D eigenvalue weighted by atomic mass is 10.1. The van der Waals surface area contributed by atoms with Crippen molar-refractivity contribution in [1.29, 1.82) is 0 Å². The third-order valence-electron chi connectivity index (χ3n) is 1.81. The third kappa shape index (κ3) is 1.97. The molecule has 0 spiro atoms. The van der Waals surface area contributed by atoms with E-state index in [-0.39, 0.29) is 0 Å². The molecule has 0 saturated heterocycles. The number of halogens is 1. The predicted octanol–water partition coefficient (Wildman–Crippen LogP) is 1.43. The van der Waals surface area contributed by atoms with Crippen LogP contribution in [0.4, 0.5) is 0 Å². The zero-order valence-electron chi connectivity index (χ0n) is 7.53. The van der Waals surface area contributed by atoms with Crippen molar-refractivity contribution >= 4 is 17.6 Å². The Kier molecular flexibility index (Phi) is 3.33. The number of carboxylic acid groups (broad SMARTS) is 1. The minimum atomic E-state index is -1.17. The van der Waals surface area contributed by atoms with E-state index in [1.165, 1.54) is 7.11 Å². The summed E-state index contributed by atoms with van der Waals surface area (Å²) in [6.45, 7) is 0. The second-order valence-corrected chi connectivity index (χ2v) is 3.08. The van der Waals surface area contributed by atoms with E-state index in [9.17, 15) is 4.79 Å². The summed E-state index contributed by atoms with van der Waals surface area (Å²) in [6.07, 6.45) is 0. The summed E-state index contributed by atoms with van der Waals surface area (Å²) in [5.41, 5.74) is 5.75. The molecule has 14 heavy (non-hydrogen) atoms. The minimum Gasteiger partial charge on any atom is -0.496 e. The maximum atomic E-state index is 10.7. The molecule has 0 saturated carbocycles.